The van der Waals surface area contributed by atoms with Crippen LogP contribution in [-0.4, -0.2) is 9.55 Å². The van der Waals surface area contributed by atoms with Crippen LogP contribution in [0.5, 0.6) is 0 Å². The van der Waals surface area contributed by atoms with Crippen molar-refractivity contribution in [2.24, 2.45) is 5.92 Å². The van der Waals surface area contributed by atoms with Crippen molar-refractivity contribution < 1.29 is 0 Å². The van der Waals surface area contributed by atoms with E-state index in [9.17, 15) is 0 Å². The first-order valence-electron chi connectivity index (χ1n) is 7.55. The Labute approximate surface area is 122 Å². The monoisotopic (exact) mass is 273 g/mol. The second kappa shape index (κ2) is 5.47. The summed E-state index contributed by atoms with van der Waals surface area (Å²) in [6.45, 7) is 12.2. The maximum Gasteiger partial charge on any atom is 0.115 e. The third kappa shape index (κ3) is 3.14. The minimum Gasteiger partial charge on any atom is -0.399 e. The average Bonchev–Trinajstić information content (AvgIpc) is 2.66. The Balaban J connectivity index is 2.42. The molecule has 2 aromatic rings. The predicted molar refractivity (Wildman–Crippen MR) is 86.9 cm³/mol. The number of aromatic nitrogens is 2. The first kappa shape index (κ1) is 14.9. The number of imidazole rings is 1. The van der Waals surface area contributed by atoms with Gasteiger partial charge >= 0.3 is 0 Å². The fourth-order valence-corrected chi connectivity index (χ4v) is 2.60. The smallest absolute Gasteiger partial charge is 0.115 e. The van der Waals surface area contributed by atoms with Crippen LogP contribution in [0.1, 0.15) is 53.3 Å². The molecule has 1 aromatic carbocycles. The van der Waals surface area contributed by atoms with E-state index in [0.29, 0.717) is 0 Å². The van der Waals surface area contributed by atoms with Gasteiger partial charge in [-0.25, -0.2) is 4.98 Å². The molecule has 0 saturated heterocycles. The minimum atomic E-state index is 0.0472. The summed E-state index contributed by atoms with van der Waals surface area (Å²) in [6.07, 6.45) is 2.44. The van der Waals surface area contributed by atoms with Crippen molar-refractivity contribution in [3.63, 3.8) is 0 Å². The Morgan fingerprint density at radius 1 is 1.25 bits per heavy atom. The second-order valence-corrected chi connectivity index (χ2v) is 7.12. The maximum absolute atomic E-state index is 5.88. The first-order chi connectivity index (χ1) is 9.29. The van der Waals surface area contributed by atoms with Crippen LogP contribution in [0.15, 0.2) is 18.2 Å². The van der Waals surface area contributed by atoms with E-state index in [4.69, 9.17) is 10.7 Å². The summed E-state index contributed by atoms with van der Waals surface area (Å²) in [6, 6.07) is 6.04. The van der Waals surface area contributed by atoms with Crippen LogP contribution >= 0.6 is 0 Å². The molecule has 0 aliphatic heterocycles. The summed E-state index contributed by atoms with van der Waals surface area (Å²) in [5.41, 5.74) is 8.93. The SMILES string of the molecule is CC(C)CCCn1c(C(C)(C)C)nc2cc(N)ccc21. The quantitative estimate of drug-likeness (QED) is 0.841. The van der Waals surface area contributed by atoms with Crippen molar-refractivity contribution in [3.8, 4) is 0 Å². The van der Waals surface area contributed by atoms with Crippen LogP contribution < -0.4 is 5.73 Å². The van der Waals surface area contributed by atoms with Gasteiger partial charge in [0.1, 0.15) is 5.82 Å². The van der Waals surface area contributed by atoms with Crippen molar-refractivity contribution in [1.29, 1.82) is 0 Å². The first-order valence-corrected chi connectivity index (χ1v) is 7.55. The summed E-state index contributed by atoms with van der Waals surface area (Å²) in [4.78, 5) is 4.83. The number of anilines is 1. The van der Waals surface area contributed by atoms with Gasteiger partial charge < -0.3 is 10.3 Å². The summed E-state index contributed by atoms with van der Waals surface area (Å²) >= 11 is 0. The lowest BCUT2D eigenvalue weighted by molar-refractivity contribution is 0.468. The summed E-state index contributed by atoms with van der Waals surface area (Å²) in [5.74, 6) is 1.90. The van der Waals surface area contributed by atoms with E-state index >= 15 is 0 Å². The fourth-order valence-electron chi connectivity index (χ4n) is 2.60. The highest BCUT2D eigenvalue weighted by atomic mass is 15.1. The number of hydrogen-bond donors (Lipinski definition) is 1. The zero-order chi connectivity index (χ0) is 14.9. The minimum absolute atomic E-state index is 0.0472. The number of aryl methyl sites for hydroxylation is 1. The molecule has 20 heavy (non-hydrogen) atoms. The molecule has 0 fully saturated rings. The van der Waals surface area contributed by atoms with Crippen LogP contribution in [0.3, 0.4) is 0 Å². The Bertz CT molecular complexity index is 588. The van der Waals surface area contributed by atoms with Crippen molar-refractivity contribution in [1.82, 2.24) is 9.55 Å². The van der Waals surface area contributed by atoms with E-state index in [0.717, 1.165) is 29.5 Å². The van der Waals surface area contributed by atoms with Gasteiger partial charge in [-0.1, -0.05) is 34.6 Å². The molecular formula is C17H27N3. The number of benzene rings is 1. The van der Waals surface area contributed by atoms with Gasteiger partial charge in [0.2, 0.25) is 0 Å². The summed E-state index contributed by atoms with van der Waals surface area (Å²) in [7, 11) is 0. The second-order valence-electron chi connectivity index (χ2n) is 7.12. The largest absolute Gasteiger partial charge is 0.399 e. The molecular weight excluding hydrogens is 246 g/mol. The number of nitrogens with two attached hydrogens (primary N) is 1. The molecule has 0 radical (unpaired) electrons. The molecule has 1 aromatic heterocycles. The molecule has 2 rings (SSSR count). The predicted octanol–water partition coefficient (Wildman–Crippen LogP) is 4.35. The number of nitrogen functional groups attached to an aromatic ring is 1. The van der Waals surface area contributed by atoms with E-state index in [1.165, 1.54) is 18.4 Å². The molecule has 2 N–H and O–H groups in total. The van der Waals surface area contributed by atoms with E-state index in [1.807, 2.05) is 12.1 Å². The Morgan fingerprint density at radius 3 is 2.55 bits per heavy atom. The number of nitrogens with zero attached hydrogens (tertiary/aromatic N) is 2. The average molecular weight is 273 g/mol. The normalized spacial score (nSPS) is 12.5. The van der Waals surface area contributed by atoms with Gasteiger partial charge in [-0.15, -0.1) is 0 Å². The highest BCUT2D eigenvalue weighted by molar-refractivity contribution is 5.79. The van der Waals surface area contributed by atoms with Crippen LogP contribution in [0.2, 0.25) is 0 Å². The Hall–Kier alpha value is -1.51. The standard InChI is InChI=1S/C17H27N3/c1-12(2)7-6-10-20-15-9-8-13(18)11-14(15)19-16(20)17(3,4)5/h8-9,11-12H,6-7,10,18H2,1-5H3. The summed E-state index contributed by atoms with van der Waals surface area (Å²) < 4.78 is 2.37. The van der Waals surface area contributed by atoms with Crippen molar-refractivity contribution >= 4 is 16.7 Å². The number of fused-ring (bicyclic) bond motifs is 1. The van der Waals surface area contributed by atoms with Crippen molar-refractivity contribution in [3.05, 3.63) is 24.0 Å². The molecule has 0 saturated carbocycles. The highest BCUT2D eigenvalue weighted by Crippen LogP contribution is 2.28. The molecule has 0 amide bonds. The molecule has 1 heterocycles. The molecule has 3 heteroatoms. The molecule has 0 aliphatic carbocycles. The molecule has 0 atom stereocenters. The van der Waals surface area contributed by atoms with Gasteiger partial charge in [0.05, 0.1) is 11.0 Å². The molecule has 3 nitrogen and oxygen atoms in total. The van der Waals surface area contributed by atoms with Gasteiger partial charge in [0.25, 0.3) is 0 Å². The third-order valence-corrected chi connectivity index (χ3v) is 3.61. The zero-order valence-electron chi connectivity index (χ0n) is 13.4. The third-order valence-electron chi connectivity index (χ3n) is 3.61. The zero-order valence-corrected chi connectivity index (χ0v) is 13.4. The van der Waals surface area contributed by atoms with Crippen molar-refractivity contribution in [2.75, 3.05) is 5.73 Å². The fraction of sp³-hybridized carbons (Fsp3) is 0.588. The van der Waals surface area contributed by atoms with E-state index in [1.54, 1.807) is 0 Å². The van der Waals surface area contributed by atoms with Crippen molar-refractivity contribution in [2.45, 2.75) is 59.4 Å². The highest BCUT2D eigenvalue weighted by Gasteiger charge is 2.22. The van der Waals surface area contributed by atoms with Gasteiger partial charge in [-0.3, -0.25) is 0 Å². The topological polar surface area (TPSA) is 43.8 Å². The molecule has 110 valence electrons. The van der Waals surface area contributed by atoms with Crippen LogP contribution in [0.4, 0.5) is 5.69 Å². The lowest BCUT2D eigenvalue weighted by Gasteiger charge is -2.20. The lowest BCUT2D eigenvalue weighted by Crippen LogP contribution is -2.19. The number of hydrogen-bond acceptors (Lipinski definition) is 2. The van der Waals surface area contributed by atoms with E-state index in [2.05, 4.69) is 45.3 Å². The van der Waals surface area contributed by atoms with E-state index < -0.39 is 0 Å². The van der Waals surface area contributed by atoms with Gasteiger partial charge in [0, 0.05) is 17.6 Å². The van der Waals surface area contributed by atoms with Gasteiger partial charge in [-0.05, 0) is 37.0 Å². The van der Waals surface area contributed by atoms with Gasteiger partial charge in [0.15, 0.2) is 0 Å². The molecule has 0 unspecified atom stereocenters. The van der Waals surface area contributed by atoms with E-state index in [-0.39, 0.29) is 5.41 Å². The van der Waals surface area contributed by atoms with Crippen LogP contribution in [0, 0.1) is 5.92 Å². The molecule has 0 aliphatic rings. The Kier molecular flexibility index (Phi) is 4.07. The van der Waals surface area contributed by atoms with Crippen LogP contribution in [0.25, 0.3) is 11.0 Å². The van der Waals surface area contributed by atoms with Gasteiger partial charge in [-0.2, -0.15) is 0 Å². The summed E-state index contributed by atoms with van der Waals surface area (Å²) in [5, 5.41) is 0. The molecule has 0 bridgehead atoms. The molecule has 0 spiro atoms. The maximum atomic E-state index is 5.88. The lowest BCUT2D eigenvalue weighted by atomic mass is 9.95. The number of rotatable bonds is 4. The van der Waals surface area contributed by atoms with Crippen LogP contribution in [-0.2, 0) is 12.0 Å². The Morgan fingerprint density at radius 2 is 1.95 bits per heavy atom.